The molecule has 2 aromatic carbocycles. The lowest BCUT2D eigenvalue weighted by Crippen LogP contribution is -2.21. The van der Waals surface area contributed by atoms with Crippen LogP contribution in [0.4, 0.5) is 0 Å². The molecule has 0 aliphatic carbocycles. The number of rotatable bonds is 2. The lowest BCUT2D eigenvalue weighted by molar-refractivity contribution is 1.40. The Morgan fingerprint density at radius 1 is 0.824 bits per heavy atom. The van der Waals surface area contributed by atoms with E-state index in [1.165, 1.54) is 21.7 Å². The van der Waals surface area contributed by atoms with Gasteiger partial charge in [0.25, 0.3) is 0 Å². The van der Waals surface area contributed by atoms with Crippen LogP contribution < -0.4 is 10.6 Å². The van der Waals surface area contributed by atoms with Gasteiger partial charge in [0.05, 0.1) is 10.6 Å². The summed E-state index contributed by atoms with van der Waals surface area (Å²) in [4.78, 5) is 0. The molecule has 1 atom stereocenters. The monoisotopic (exact) mass is 239 g/mol. The maximum absolute atomic E-state index is 6.61. The van der Waals surface area contributed by atoms with E-state index in [-0.39, 0.29) is 0 Å². The third-order valence-corrected chi connectivity index (χ3v) is 5.74. The van der Waals surface area contributed by atoms with Gasteiger partial charge in [-0.25, -0.2) is 0 Å². The van der Waals surface area contributed by atoms with E-state index in [0.29, 0.717) is 0 Å². The molecule has 0 saturated carbocycles. The molecule has 0 amide bonds. The van der Waals surface area contributed by atoms with E-state index in [1.54, 1.807) is 0 Å². The van der Waals surface area contributed by atoms with Gasteiger partial charge in [0.2, 0.25) is 0 Å². The zero-order chi connectivity index (χ0) is 12.5. The molecule has 0 aliphatic rings. The van der Waals surface area contributed by atoms with Crippen molar-refractivity contribution in [3.63, 3.8) is 0 Å². The number of benzene rings is 2. The van der Waals surface area contributed by atoms with E-state index in [4.69, 9.17) is 7.57 Å². The van der Waals surface area contributed by atoms with Gasteiger partial charge in [0, 0.05) is 13.8 Å². The Balaban J connectivity index is 2.51. The highest BCUT2D eigenvalue weighted by Crippen LogP contribution is 2.47. The summed E-state index contributed by atoms with van der Waals surface area (Å²) in [6.07, 6.45) is 0. The quantitative estimate of drug-likeness (QED) is 0.558. The fraction of sp³-hybridized carbons (Fsp3) is 0.200. The van der Waals surface area contributed by atoms with Gasteiger partial charge in [-0.3, -0.25) is 0 Å². The molecule has 2 heteroatoms. The van der Waals surface area contributed by atoms with Crippen molar-refractivity contribution in [3.8, 4) is 0 Å². The van der Waals surface area contributed by atoms with Crippen LogP contribution in [0.1, 0.15) is 11.1 Å². The maximum Gasteiger partial charge on any atom is 0.377 e. The first-order valence-electron chi connectivity index (χ1n) is 5.80. The predicted molar refractivity (Wildman–Crippen MR) is 80.2 cm³/mol. The second-order valence-electron chi connectivity index (χ2n) is 4.76. The summed E-state index contributed by atoms with van der Waals surface area (Å²) in [5, 5.41) is 2.53. The standard InChI is InChI=1S/C15H17BP/c1-12-9-13(2)11-15(10-12)17(3,16)14-7-5-4-6-8-14/h4-11H,1-3H3/q+1. The minimum absolute atomic E-state index is 1.25. The summed E-state index contributed by atoms with van der Waals surface area (Å²) in [5.74, 6) is 0. The van der Waals surface area contributed by atoms with Gasteiger partial charge in [0.1, 0.15) is 0 Å². The fourth-order valence-electron chi connectivity index (χ4n) is 2.11. The molecule has 84 valence electrons. The van der Waals surface area contributed by atoms with Crippen LogP contribution in [0.2, 0.25) is 0 Å². The van der Waals surface area contributed by atoms with Crippen molar-refractivity contribution in [1.82, 2.24) is 0 Å². The van der Waals surface area contributed by atoms with Gasteiger partial charge < -0.3 is 0 Å². The first-order chi connectivity index (χ1) is 8.00. The van der Waals surface area contributed by atoms with E-state index >= 15 is 0 Å². The van der Waals surface area contributed by atoms with Crippen molar-refractivity contribution < 1.29 is 0 Å². The van der Waals surface area contributed by atoms with Crippen LogP contribution in [0.25, 0.3) is 0 Å². The Labute approximate surface area is 106 Å². The van der Waals surface area contributed by atoms with Gasteiger partial charge in [0.15, 0.2) is 0 Å². The van der Waals surface area contributed by atoms with Crippen LogP contribution in [0, 0.1) is 13.8 Å². The molecule has 0 spiro atoms. The van der Waals surface area contributed by atoms with E-state index < -0.39 is 7.14 Å². The van der Waals surface area contributed by atoms with Crippen molar-refractivity contribution in [1.29, 1.82) is 0 Å². The molecule has 0 nitrogen and oxygen atoms in total. The minimum Gasteiger partial charge on any atom is -0.0620 e. The highest BCUT2D eigenvalue weighted by molar-refractivity contribution is 8.08. The first kappa shape index (κ1) is 12.4. The Morgan fingerprint density at radius 3 is 1.88 bits per heavy atom. The van der Waals surface area contributed by atoms with Crippen molar-refractivity contribution in [2.75, 3.05) is 6.66 Å². The summed E-state index contributed by atoms with van der Waals surface area (Å²) < 4.78 is 0. The lowest BCUT2D eigenvalue weighted by atomic mass is 10.2. The molecular formula is C15H17BP+. The average Bonchev–Trinajstić information content (AvgIpc) is 2.29. The zero-order valence-electron chi connectivity index (χ0n) is 10.6. The second kappa shape index (κ2) is 4.66. The van der Waals surface area contributed by atoms with Crippen LogP contribution in [-0.2, 0) is 0 Å². The van der Waals surface area contributed by atoms with E-state index in [9.17, 15) is 0 Å². The summed E-state index contributed by atoms with van der Waals surface area (Å²) >= 11 is 0. The Hall–Kier alpha value is -1.07. The molecule has 0 bridgehead atoms. The largest absolute Gasteiger partial charge is 0.377 e. The first-order valence-corrected chi connectivity index (χ1v) is 8.10. The van der Waals surface area contributed by atoms with Crippen molar-refractivity contribution in [3.05, 3.63) is 59.7 Å². The fourth-order valence-corrected chi connectivity index (χ4v) is 4.14. The molecule has 0 N–H and O–H groups in total. The molecule has 0 fully saturated rings. The van der Waals surface area contributed by atoms with Crippen LogP contribution >= 0.6 is 7.14 Å². The molecule has 0 heterocycles. The van der Waals surface area contributed by atoms with Gasteiger partial charge in [-0.2, -0.15) is 0 Å². The molecule has 1 unspecified atom stereocenters. The highest BCUT2D eigenvalue weighted by Gasteiger charge is 2.31. The molecular weight excluding hydrogens is 222 g/mol. The molecule has 2 rings (SSSR count). The minimum atomic E-state index is -1.70. The van der Waals surface area contributed by atoms with Crippen molar-refractivity contribution >= 4 is 25.3 Å². The molecule has 2 aromatic rings. The van der Waals surface area contributed by atoms with Crippen LogP contribution in [0.5, 0.6) is 0 Å². The van der Waals surface area contributed by atoms with E-state index in [2.05, 4.69) is 63.0 Å². The molecule has 0 aliphatic heterocycles. The van der Waals surface area contributed by atoms with Crippen molar-refractivity contribution in [2.24, 2.45) is 0 Å². The lowest BCUT2D eigenvalue weighted by Gasteiger charge is -2.19. The summed E-state index contributed by atoms with van der Waals surface area (Å²) in [5.41, 5.74) is 2.57. The van der Waals surface area contributed by atoms with Crippen LogP contribution in [-0.4, -0.2) is 14.2 Å². The number of aryl methyl sites for hydroxylation is 2. The predicted octanol–water partition coefficient (Wildman–Crippen LogP) is 2.99. The summed E-state index contributed by atoms with van der Waals surface area (Å²) in [6.45, 7) is 6.43. The zero-order valence-corrected chi connectivity index (χ0v) is 11.5. The van der Waals surface area contributed by atoms with E-state index in [0.717, 1.165) is 0 Å². The summed E-state index contributed by atoms with van der Waals surface area (Å²) in [6, 6.07) is 17.0. The second-order valence-corrected chi connectivity index (χ2v) is 7.94. The Morgan fingerprint density at radius 2 is 1.35 bits per heavy atom. The van der Waals surface area contributed by atoms with Gasteiger partial charge in [-0.1, -0.05) is 24.3 Å². The molecule has 0 aromatic heterocycles. The number of hydrogen-bond acceptors (Lipinski definition) is 0. The highest BCUT2D eigenvalue weighted by atomic mass is 31.2. The summed E-state index contributed by atoms with van der Waals surface area (Å²) in [7, 11) is 4.91. The SMILES string of the molecule is [B][P+](C)(c1ccccc1)c1cc(C)cc(C)c1. The Kier molecular flexibility index (Phi) is 3.40. The normalized spacial score (nSPS) is 14.3. The van der Waals surface area contributed by atoms with Crippen LogP contribution in [0.15, 0.2) is 48.5 Å². The topological polar surface area (TPSA) is 0 Å². The van der Waals surface area contributed by atoms with Gasteiger partial charge >= 0.3 is 7.57 Å². The van der Waals surface area contributed by atoms with Gasteiger partial charge in [-0.15, -0.1) is 0 Å². The third-order valence-electron chi connectivity index (χ3n) is 3.04. The molecule has 0 saturated heterocycles. The maximum atomic E-state index is 6.61. The average molecular weight is 239 g/mol. The van der Waals surface area contributed by atoms with Crippen LogP contribution in [0.3, 0.4) is 0 Å². The van der Waals surface area contributed by atoms with Crippen molar-refractivity contribution in [2.45, 2.75) is 13.8 Å². The molecule has 2 radical (unpaired) electrons. The smallest absolute Gasteiger partial charge is 0.0620 e. The van der Waals surface area contributed by atoms with Gasteiger partial charge in [-0.05, 0) is 49.2 Å². The number of hydrogen-bond donors (Lipinski definition) is 0. The molecule has 17 heavy (non-hydrogen) atoms. The Bertz CT molecular complexity index is 497. The third kappa shape index (κ3) is 2.61. The van der Waals surface area contributed by atoms with E-state index in [1.807, 2.05) is 6.07 Å².